The Hall–Kier alpha value is -2.70. The number of amides is 2. The molecule has 6 nitrogen and oxygen atoms in total. The Labute approximate surface area is 163 Å². The molecular formula is C21H24FN3O3. The van der Waals surface area contributed by atoms with Crippen molar-refractivity contribution in [3.05, 3.63) is 52.7 Å². The minimum atomic E-state index is -0.361. The molecule has 2 bridgehead atoms. The molecule has 2 saturated heterocycles. The lowest BCUT2D eigenvalue weighted by atomic mass is 9.95. The second-order valence-electron chi connectivity index (χ2n) is 7.81. The van der Waals surface area contributed by atoms with Crippen molar-refractivity contribution >= 4 is 11.8 Å². The number of hydrogen-bond acceptors (Lipinski definition) is 4. The number of benzene rings is 1. The third-order valence-corrected chi connectivity index (χ3v) is 5.97. The van der Waals surface area contributed by atoms with Crippen molar-refractivity contribution in [3.8, 4) is 0 Å². The van der Waals surface area contributed by atoms with Crippen molar-refractivity contribution in [2.24, 2.45) is 0 Å². The van der Waals surface area contributed by atoms with Crippen LogP contribution in [-0.2, 0) is 11.2 Å². The monoisotopic (exact) mass is 385 g/mol. The number of piperidine rings is 1. The molecule has 0 aliphatic carbocycles. The molecule has 2 fully saturated rings. The average molecular weight is 385 g/mol. The van der Waals surface area contributed by atoms with Gasteiger partial charge in [0.05, 0.1) is 12.1 Å². The highest BCUT2D eigenvalue weighted by Gasteiger charge is 2.43. The lowest BCUT2D eigenvalue weighted by molar-refractivity contribution is -0.135. The van der Waals surface area contributed by atoms with E-state index in [0.29, 0.717) is 17.7 Å². The van der Waals surface area contributed by atoms with Gasteiger partial charge in [0.2, 0.25) is 5.91 Å². The topological polar surface area (TPSA) is 75.4 Å². The second-order valence-corrected chi connectivity index (χ2v) is 7.81. The molecule has 1 aromatic carbocycles. The summed E-state index contributed by atoms with van der Waals surface area (Å²) in [5.41, 5.74) is 2.08. The number of aromatic nitrogens is 1. The summed E-state index contributed by atoms with van der Waals surface area (Å²) < 4.78 is 18.2. The molecule has 2 amide bonds. The van der Waals surface area contributed by atoms with E-state index < -0.39 is 0 Å². The number of carbonyl (C=O) groups is 2. The number of carbonyl (C=O) groups excluding carboxylic acids is 2. The second kappa shape index (κ2) is 7.37. The van der Waals surface area contributed by atoms with E-state index in [1.54, 1.807) is 0 Å². The van der Waals surface area contributed by atoms with Gasteiger partial charge in [-0.25, -0.2) is 4.39 Å². The van der Waals surface area contributed by atoms with Gasteiger partial charge in [-0.2, -0.15) is 0 Å². The molecule has 7 heteroatoms. The van der Waals surface area contributed by atoms with Crippen molar-refractivity contribution in [3.63, 3.8) is 0 Å². The van der Waals surface area contributed by atoms with E-state index in [0.717, 1.165) is 36.9 Å². The predicted molar refractivity (Wildman–Crippen MR) is 100 cm³/mol. The first-order chi connectivity index (χ1) is 13.4. The summed E-state index contributed by atoms with van der Waals surface area (Å²) in [6.07, 6.45) is 3.72. The Morgan fingerprint density at radius 3 is 2.39 bits per heavy atom. The lowest BCUT2D eigenvalue weighted by Gasteiger charge is -2.39. The largest absolute Gasteiger partial charge is 0.361 e. The molecule has 2 unspecified atom stereocenters. The van der Waals surface area contributed by atoms with E-state index in [1.807, 2.05) is 18.7 Å². The van der Waals surface area contributed by atoms with Gasteiger partial charge in [-0.1, -0.05) is 5.16 Å². The van der Waals surface area contributed by atoms with Crippen molar-refractivity contribution in [1.82, 2.24) is 15.4 Å². The SMILES string of the molecule is Cc1noc(C)c1CC(=O)N1C2CCC1CC(NC(=O)c1ccc(F)cc1)C2. The number of rotatable bonds is 4. The summed E-state index contributed by atoms with van der Waals surface area (Å²) in [4.78, 5) is 27.4. The summed E-state index contributed by atoms with van der Waals surface area (Å²) in [5.74, 6) is 0.240. The molecule has 28 heavy (non-hydrogen) atoms. The smallest absolute Gasteiger partial charge is 0.251 e. The Bertz CT molecular complexity index is 859. The van der Waals surface area contributed by atoms with Crippen molar-refractivity contribution in [1.29, 1.82) is 0 Å². The van der Waals surface area contributed by atoms with Gasteiger partial charge < -0.3 is 14.7 Å². The van der Waals surface area contributed by atoms with Crippen LogP contribution in [-0.4, -0.2) is 40.0 Å². The molecule has 0 saturated carbocycles. The maximum atomic E-state index is 13.0. The predicted octanol–water partition coefficient (Wildman–Crippen LogP) is 2.93. The van der Waals surface area contributed by atoms with Crippen LogP contribution in [0.3, 0.4) is 0 Å². The number of hydrogen-bond donors (Lipinski definition) is 1. The van der Waals surface area contributed by atoms with Gasteiger partial charge in [0.25, 0.3) is 5.91 Å². The summed E-state index contributed by atoms with van der Waals surface area (Å²) in [5, 5.41) is 6.98. The molecule has 3 heterocycles. The van der Waals surface area contributed by atoms with Crippen LogP contribution in [0.15, 0.2) is 28.8 Å². The third-order valence-electron chi connectivity index (χ3n) is 5.97. The van der Waals surface area contributed by atoms with E-state index >= 15 is 0 Å². The van der Waals surface area contributed by atoms with Crippen LogP contribution >= 0.6 is 0 Å². The van der Waals surface area contributed by atoms with Crippen molar-refractivity contribution < 1.29 is 18.5 Å². The molecule has 0 radical (unpaired) electrons. The summed E-state index contributed by atoms with van der Waals surface area (Å²) >= 11 is 0. The van der Waals surface area contributed by atoms with E-state index in [9.17, 15) is 14.0 Å². The fraction of sp³-hybridized carbons (Fsp3) is 0.476. The molecule has 0 spiro atoms. The summed E-state index contributed by atoms with van der Waals surface area (Å²) in [7, 11) is 0. The maximum Gasteiger partial charge on any atom is 0.251 e. The van der Waals surface area contributed by atoms with Crippen LogP contribution < -0.4 is 5.32 Å². The molecule has 1 N–H and O–H groups in total. The number of halogens is 1. The van der Waals surface area contributed by atoms with Gasteiger partial charge in [0.15, 0.2) is 0 Å². The number of fused-ring (bicyclic) bond motifs is 2. The van der Waals surface area contributed by atoms with Crippen molar-refractivity contribution in [2.45, 2.75) is 64.1 Å². The minimum Gasteiger partial charge on any atom is -0.361 e. The minimum absolute atomic E-state index is 0.0261. The standard InChI is InChI=1S/C21H24FN3O3/c1-12-19(13(2)28-24-12)11-20(26)25-17-7-8-18(25)10-16(9-17)23-21(27)14-3-5-15(22)6-4-14/h3-6,16-18H,7-11H2,1-2H3,(H,23,27). The Balaban J connectivity index is 1.39. The van der Waals surface area contributed by atoms with E-state index in [2.05, 4.69) is 10.5 Å². The maximum absolute atomic E-state index is 13.0. The quantitative estimate of drug-likeness (QED) is 0.878. The Kier molecular flexibility index (Phi) is 4.91. The molecule has 1 aromatic heterocycles. The molecular weight excluding hydrogens is 361 g/mol. The molecule has 2 atom stereocenters. The van der Waals surface area contributed by atoms with Crippen LogP contribution in [0.5, 0.6) is 0 Å². The highest BCUT2D eigenvalue weighted by atomic mass is 19.1. The molecule has 148 valence electrons. The molecule has 2 aromatic rings. The first-order valence-corrected chi connectivity index (χ1v) is 9.71. The van der Waals surface area contributed by atoms with Crippen LogP contribution in [0.2, 0.25) is 0 Å². The zero-order valence-electron chi connectivity index (χ0n) is 16.1. The zero-order valence-corrected chi connectivity index (χ0v) is 16.1. The number of aryl methyl sites for hydroxylation is 2. The van der Waals surface area contributed by atoms with Crippen LogP contribution in [0.1, 0.15) is 53.1 Å². The van der Waals surface area contributed by atoms with E-state index in [-0.39, 0.29) is 35.8 Å². The fourth-order valence-electron chi connectivity index (χ4n) is 4.57. The van der Waals surface area contributed by atoms with E-state index in [4.69, 9.17) is 4.52 Å². The van der Waals surface area contributed by atoms with Gasteiger partial charge in [-0.15, -0.1) is 0 Å². The van der Waals surface area contributed by atoms with Gasteiger partial charge in [-0.05, 0) is 63.8 Å². The Morgan fingerprint density at radius 1 is 1.18 bits per heavy atom. The van der Waals surface area contributed by atoms with Crippen LogP contribution in [0, 0.1) is 19.7 Å². The molecule has 4 rings (SSSR count). The average Bonchev–Trinajstić information content (AvgIpc) is 3.12. The molecule has 2 aliphatic rings. The van der Waals surface area contributed by atoms with Gasteiger partial charge in [0.1, 0.15) is 11.6 Å². The Morgan fingerprint density at radius 2 is 1.82 bits per heavy atom. The van der Waals surface area contributed by atoms with Crippen LogP contribution in [0.4, 0.5) is 4.39 Å². The number of nitrogens with one attached hydrogen (secondary N) is 1. The van der Waals surface area contributed by atoms with Gasteiger partial charge in [0, 0.05) is 29.3 Å². The van der Waals surface area contributed by atoms with Crippen molar-refractivity contribution in [2.75, 3.05) is 0 Å². The zero-order chi connectivity index (χ0) is 19.8. The van der Waals surface area contributed by atoms with Gasteiger partial charge in [-0.3, -0.25) is 9.59 Å². The van der Waals surface area contributed by atoms with Crippen LogP contribution in [0.25, 0.3) is 0 Å². The fourth-order valence-corrected chi connectivity index (χ4v) is 4.57. The lowest BCUT2D eigenvalue weighted by Crippen LogP contribution is -2.52. The normalized spacial score (nSPS) is 23.7. The highest BCUT2D eigenvalue weighted by Crippen LogP contribution is 2.36. The summed E-state index contributed by atoms with van der Waals surface area (Å²) in [6.45, 7) is 3.68. The highest BCUT2D eigenvalue weighted by molar-refractivity contribution is 5.94. The first-order valence-electron chi connectivity index (χ1n) is 9.71. The molecule has 2 aliphatic heterocycles. The van der Waals surface area contributed by atoms with Gasteiger partial charge >= 0.3 is 0 Å². The number of nitrogens with zero attached hydrogens (tertiary/aromatic N) is 2. The summed E-state index contributed by atoms with van der Waals surface area (Å²) in [6, 6.07) is 5.86. The van der Waals surface area contributed by atoms with E-state index in [1.165, 1.54) is 24.3 Å². The first kappa shape index (κ1) is 18.7. The third kappa shape index (κ3) is 3.53.